The lowest BCUT2D eigenvalue weighted by Gasteiger charge is -2.08. The van der Waals surface area contributed by atoms with E-state index in [0.717, 1.165) is 12.1 Å². The second-order valence-corrected chi connectivity index (χ2v) is 4.20. The molecule has 0 aliphatic heterocycles. The lowest BCUT2D eigenvalue weighted by molar-refractivity contribution is -0.137. The molecule has 1 aromatic carbocycles. The first-order valence-electron chi connectivity index (χ1n) is 5.94. The van der Waals surface area contributed by atoms with E-state index in [4.69, 9.17) is 4.52 Å². The summed E-state index contributed by atoms with van der Waals surface area (Å²) in [5.74, 6) is -0.507. The molecule has 0 bridgehead atoms. The van der Waals surface area contributed by atoms with Gasteiger partial charge in [0.1, 0.15) is 17.5 Å². The van der Waals surface area contributed by atoms with Crippen molar-refractivity contribution in [1.82, 2.24) is 5.16 Å². The zero-order chi connectivity index (χ0) is 15.5. The lowest BCUT2D eigenvalue weighted by Crippen LogP contribution is -2.13. The summed E-state index contributed by atoms with van der Waals surface area (Å²) in [5.41, 5.74) is 0.0979. The molecular weight excluding hydrogens is 285 g/mol. The molecule has 21 heavy (non-hydrogen) atoms. The van der Waals surface area contributed by atoms with Gasteiger partial charge in [-0.3, -0.25) is 4.79 Å². The monoisotopic (exact) mass is 296 g/mol. The smallest absolute Gasteiger partial charge is 0.364 e. The Kier molecular flexibility index (Phi) is 4.11. The Morgan fingerprint density at radius 3 is 2.57 bits per heavy atom. The number of nitrogens with zero attached hydrogens (tertiary/aromatic N) is 1. The minimum atomic E-state index is -4.41. The van der Waals surface area contributed by atoms with Gasteiger partial charge in [0, 0.05) is 12.1 Å². The third-order valence-corrected chi connectivity index (χ3v) is 2.70. The highest BCUT2D eigenvalue weighted by molar-refractivity contribution is 6.04. The highest BCUT2D eigenvalue weighted by atomic mass is 19.4. The van der Waals surface area contributed by atoms with Crippen LogP contribution in [0.4, 0.5) is 18.9 Å². The van der Waals surface area contributed by atoms with Gasteiger partial charge in [-0.15, -0.1) is 6.58 Å². The maximum atomic E-state index is 12.4. The summed E-state index contributed by atoms with van der Waals surface area (Å²) in [6.45, 7) is 3.53. The van der Waals surface area contributed by atoms with Crippen LogP contribution in [0.5, 0.6) is 0 Å². The van der Waals surface area contributed by atoms with Gasteiger partial charge < -0.3 is 9.84 Å². The van der Waals surface area contributed by atoms with E-state index in [2.05, 4.69) is 17.1 Å². The van der Waals surface area contributed by atoms with Crippen LogP contribution in [0, 0.1) is 0 Å². The molecule has 4 nitrogen and oxygen atoms in total. The van der Waals surface area contributed by atoms with Crippen LogP contribution in [0.2, 0.25) is 0 Å². The number of allylic oxidation sites excluding steroid dienone is 1. The molecule has 0 atom stereocenters. The van der Waals surface area contributed by atoms with Crippen molar-refractivity contribution >= 4 is 11.6 Å². The number of amides is 1. The number of anilines is 1. The van der Waals surface area contributed by atoms with Gasteiger partial charge >= 0.3 is 6.18 Å². The minimum absolute atomic E-state index is 0.217. The average molecular weight is 296 g/mol. The Morgan fingerprint density at radius 2 is 2.00 bits per heavy atom. The van der Waals surface area contributed by atoms with Crippen LogP contribution in [0.25, 0.3) is 0 Å². The van der Waals surface area contributed by atoms with Gasteiger partial charge in [0.15, 0.2) is 0 Å². The van der Waals surface area contributed by atoms with Crippen LogP contribution >= 0.6 is 0 Å². The van der Waals surface area contributed by atoms with E-state index in [0.29, 0.717) is 12.1 Å². The molecule has 0 aliphatic rings. The van der Waals surface area contributed by atoms with Crippen LogP contribution in [0.15, 0.2) is 47.7 Å². The number of rotatable bonds is 4. The normalized spacial score (nSPS) is 11.2. The molecule has 0 unspecified atom stereocenters. The molecule has 0 saturated carbocycles. The van der Waals surface area contributed by atoms with E-state index >= 15 is 0 Å². The summed E-state index contributed by atoms with van der Waals surface area (Å²) in [4.78, 5) is 12.0. The van der Waals surface area contributed by atoms with E-state index in [9.17, 15) is 18.0 Å². The molecule has 110 valence electrons. The van der Waals surface area contributed by atoms with E-state index in [1.165, 1.54) is 18.4 Å². The van der Waals surface area contributed by atoms with Crippen molar-refractivity contribution in [2.24, 2.45) is 0 Å². The van der Waals surface area contributed by atoms with Crippen molar-refractivity contribution in [3.63, 3.8) is 0 Å². The van der Waals surface area contributed by atoms with E-state index < -0.39 is 17.6 Å². The molecule has 0 spiro atoms. The molecule has 0 fully saturated rings. The molecule has 7 heteroatoms. The molecule has 0 aliphatic carbocycles. The number of aromatic nitrogens is 1. The first-order valence-corrected chi connectivity index (χ1v) is 5.94. The third-order valence-electron chi connectivity index (χ3n) is 2.70. The van der Waals surface area contributed by atoms with Crippen LogP contribution in [0.1, 0.15) is 21.6 Å². The number of nitrogens with one attached hydrogen (secondary N) is 1. The molecule has 1 heterocycles. The Hall–Kier alpha value is -2.57. The number of carbonyl (C=O) groups is 1. The highest BCUT2D eigenvalue weighted by Gasteiger charge is 2.30. The Bertz CT molecular complexity index is 645. The lowest BCUT2D eigenvalue weighted by atomic mass is 10.1. The van der Waals surface area contributed by atoms with E-state index in [1.807, 2.05) is 0 Å². The zero-order valence-electron chi connectivity index (χ0n) is 10.8. The number of carbonyl (C=O) groups excluding carboxylic acids is 1. The van der Waals surface area contributed by atoms with Gasteiger partial charge in [0.05, 0.1) is 5.56 Å². The quantitative estimate of drug-likeness (QED) is 0.876. The van der Waals surface area contributed by atoms with Gasteiger partial charge in [-0.05, 0) is 24.3 Å². The second kappa shape index (κ2) is 5.82. The Labute approximate surface area is 118 Å². The van der Waals surface area contributed by atoms with Crippen molar-refractivity contribution in [3.05, 3.63) is 60.0 Å². The van der Waals surface area contributed by atoms with Gasteiger partial charge in [-0.25, -0.2) is 0 Å². The molecule has 2 aromatic rings. The molecule has 1 aromatic heterocycles. The molecule has 1 amide bonds. The predicted octanol–water partition coefficient (Wildman–Crippen LogP) is 3.67. The summed E-state index contributed by atoms with van der Waals surface area (Å²) >= 11 is 0. The number of alkyl halides is 3. The van der Waals surface area contributed by atoms with Crippen LogP contribution < -0.4 is 5.32 Å². The molecule has 2 rings (SSSR count). The number of halogens is 3. The van der Waals surface area contributed by atoms with Crippen molar-refractivity contribution in [3.8, 4) is 0 Å². The fourth-order valence-corrected chi connectivity index (χ4v) is 1.67. The molecule has 1 N–H and O–H groups in total. The van der Waals surface area contributed by atoms with Gasteiger partial charge in [0.2, 0.25) is 0 Å². The Balaban J connectivity index is 2.12. The van der Waals surface area contributed by atoms with E-state index in [-0.39, 0.29) is 11.3 Å². The largest absolute Gasteiger partial charge is 0.416 e. The van der Waals surface area contributed by atoms with Crippen LogP contribution in [-0.2, 0) is 12.6 Å². The molecular formula is C14H11F3N2O2. The second-order valence-electron chi connectivity index (χ2n) is 4.20. The van der Waals surface area contributed by atoms with Crippen LogP contribution in [-0.4, -0.2) is 11.1 Å². The number of hydrogen-bond donors (Lipinski definition) is 1. The maximum Gasteiger partial charge on any atom is 0.416 e. The highest BCUT2D eigenvalue weighted by Crippen LogP contribution is 2.29. The van der Waals surface area contributed by atoms with Crippen molar-refractivity contribution in [2.45, 2.75) is 12.6 Å². The summed E-state index contributed by atoms with van der Waals surface area (Å²) in [6.07, 6.45) is -1.31. The summed E-state index contributed by atoms with van der Waals surface area (Å²) < 4.78 is 42.0. The molecule has 0 radical (unpaired) electrons. The first-order chi connectivity index (χ1) is 9.91. The van der Waals surface area contributed by atoms with Crippen LogP contribution in [0.3, 0.4) is 0 Å². The Morgan fingerprint density at radius 1 is 1.33 bits per heavy atom. The fourth-order valence-electron chi connectivity index (χ4n) is 1.67. The number of hydrogen-bond acceptors (Lipinski definition) is 3. The average Bonchev–Trinajstić information content (AvgIpc) is 2.87. The van der Waals surface area contributed by atoms with Crippen molar-refractivity contribution in [1.29, 1.82) is 0 Å². The summed E-state index contributed by atoms with van der Waals surface area (Å²) in [5, 5.41) is 6.14. The SMILES string of the molecule is C=CCc1nocc1C(=O)Nc1ccc(C(F)(F)F)cc1. The van der Waals surface area contributed by atoms with Gasteiger partial charge in [0.25, 0.3) is 5.91 Å². The number of benzene rings is 1. The predicted molar refractivity (Wildman–Crippen MR) is 69.8 cm³/mol. The molecule has 0 saturated heterocycles. The third kappa shape index (κ3) is 3.50. The standard InChI is InChI=1S/C14H11F3N2O2/c1-2-3-12-11(8-21-19-12)13(20)18-10-6-4-9(5-7-10)14(15,16)17/h2,4-8H,1,3H2,(H,18,20). The van der Waals surface area contributed by atoms with Gasteiger partial charge in [-0.1, -0.05) is 11.2 Å². The first kappa shape index (κ1) is 14.8. The summed E-state index contributed by atoms with van der Waals surface area (Å²) in [6, 6.07) is 4.16. The van der Waals surface area contributed by atoms with Crippen molar-refractivity contribution < 1.29 is 22.5 Å². The maximum absolute atomic E-state index is 12.4. The fraction of sp³-hybridized carbons (Fsp3) is 0.143. The summed E-state index contributed by atoms with van der Waals surface area (Å²) in [7, 11) is 0. The topological polar surface area (TPSA) is 55.1 Å². The zero-order valence-corrected chi connectivity index (χ0v) is 10.8. The van der Waals surface area contributed by atoms with Crippen molar-refractivity contribution in [2.75, 3.05) is 5.32 Å². The van der Waals surface area contributed by atoms with Gasteiger partial charge in [-0.2, -0.15) is 13.2 Å². The van der Waals surface area contributed by atoms with E-state index in [1.54, 1.807) is 6.08 Å². The minimum Gasteiger partial charge on any atom is -0.364 e.